The van der Waals surface area contributed by atoms with E-state index in [1.165, 1.54) is 0 Å². The number of nitrogens with one attached hydrogen (secondary N) is 1. The van der Waals surface area contributed by atoms with Gasteiger partial charge in [-0.25, -0.2) is 4.68 Å². The first-order valence-corrected chi connectivity index (χ1v) is 7.38. The van der Waals surface area contributed by atoms with E-state index in [9.17, 15) is 9.59 Å². The molecule has 0 saturated carbocycles. The van der Waals surface area contributed by atoms with Crippen molar-refractivity contribution in [3.63, 3.8) is 0 Å². The first kappa shape index (κ1) is 15.5. The van der Waals surface area contributed by atoms with Crippen molar-refractivity contribution in [2.75, 3.05) is 5.32 Å². The Morgan fingerprint density at radius 1 is 1.13 bits per heavy atom. The van der Waals surface area contributed by atoms with Gasteiger partial charge in [0.25, 0.3) is 5.56 Å². The number of fused-ring (bicyclic) bond motifs is 1. The Labute approximate surface area is 140 Å². The van der Waals surface area contributed by atoms with Gasteiger partial charge in [0.2, 0.25) is 5.91 Å². The summed E-state index contributed by atoms with van der Waals surface area (Å²) in [5.74, 6) is -0.458. The van der Waals surface area contributed by atoms with Gasteiger partial charge in [0, 0.05) is 0 Å². The molecule has 0 radical (unpaired) electrons. The van der Waals surface area contributed by atoms with Crippen LogP contribution in [0.5, 0.6) is 0 Å². The monoisotopic (exact) mass is 348 g/mol. The van der Waals surface area contributed by atoms with Crippen molar-refractivity contribution in [1.82, 2.24) is 15.0 Å². The van der Waals surface area contributed by atoms with Crippen LogP contribution in [0.15, 0.2) is 47.3 Å². The fourth-order valence-corrected chi connectivity index (χ4v) is 2.40. The largest absolute Gasteiger partial charge is 0.323 e. The highest BCUT2D eigenvalue weighted by Gasteiger charge is 2.12. The number of hydrogen-bond donors (Lipinski definition) is 1. The van der Waals surface area contributed by atoms with Crippen molar-refractivity contribution in [2.45, 2.75) is 6.54 Å². The molecule has 3 rings (SSSR count). The predicted molar refractivity (Wildman–Crippen MR) is 88.9 cm³/mol. The molecular formula is C15H10Cl2N4O2. The fraction of sp³-hybridized carbons (Fsp3) is 0.0667. The van der Waals surface area contributed by atoms with Gasteiger partial charge in [-0.3, -0.25) is 9.59 Å². The number of benzene rings is 2. The lowest BCUT2D eigenvalue weighted by atomic mass is 10.2. The average Bonchev–Trinajstić information content (AvgIpc) is 2.55. The van der Waals surface area contributed by atoms with E-state index in [0.29, 0.717) is 21.6 Å². The summed E-state index contributed by atoms with van der Waals surface area (Å²) in [6.45, 7) is -0.278. The molecule has 1 N–H and O–H groups in total. The Kier molecular flexibility index (Phi) is 4.27. The number of rotatable bonds is 3. The molecule has 6 nitrogen and oxygen atoms in total. The van der Waals surface area contributed by atoms with Gasteiger partial charge in [0.05, 0.1) is 21.1 Å². The number of nitrogens with zero attached hydrogens (tertiary/aromatic N) is 3. The topological polar surface area (TPSA) is 76.9 Å². The minimum atomic E-state index is -0.458. The van der Waals surface area contributed by atoms with Crippen LogP contribution in [0.4, 0.5) is 5.69 Å². The molecule has 0 bridgehead atoms. The summed E-state index contributed by atoms with van der Waals surface area (Å²) in [6.07, 6.45) is 0. The highest BCUT2D eigenvalue weighted by Crippen LogP contribution is 2.29. The van der Waals surface area contributed by atoms with Gasteiger partial charge in [-0.2, -0.15) is 0 Å². The maximum atomic E-state index is 12.3. The normalized spacial score (nSPS) is 10.7. The summed E-state index contributed by atoms with van der Waals surface area (Å²) in [7, 11) is 0. The zero-order valence-corrected chi connectivity index (χ0v) is 13.2. The predicted octanol–water partition coefficient (Wildman–Crippen LogP) is 2.74. The molecule has 0 unspecified atom stereocenters. The zero-order chi connectivity index (χ0) is 16.4. The Balaban J connectivity index is 1.85. The van der Waals surface area contributed by atoms with Crippen LogP contribution >= 0.6 is 23.2 Å². The molecule has 0 fully saturated rings. The van der Waals surface area contributed by atoms with E-state index in [-0.39, 0.29) is 17.1 Å². The van der Waals surface area contributed by atoms with Crippen molar-refractivity contribution < 1.29 is 4.79 Å². The van der Waals surface area contributed by atoms with Gasteiger partial charge in [-0.15, -0.1) is 5.10 Å². The molecule has 23 heavy (non-hydrogen) atoms. The number of anilines is 1. The Hall–Kier alpha value is -2.44. The Morgan fingerprint density at radius 3 is 2.74 bits per heavy atom. The van der Waals surface area contributed by atoms with Gasteiger partial charge in [0.1, 0.15) is 12.1 Å². The Morgan fingerprint density at radius 2 is 1.91 bits per heavy atom. The van der Waals surface area contributed by atoms with E-state index >= 15 is 0 Å². The third-order valence-electron chi connectivity index (χ3n) is 3.15. The molecule has 1 amide bonds. The highest BCUT2D eigenvalue weighted by molar-refractivity contribution is 6.43. The standard InChI is InChI=1S/C15H10Cl2N4O2/c16-10-5-3-7-12(14(10)17)18-13(22)8-21-15(23)9-4-1-2-6-11(9)19-20-21/h1-7H,8H2,(H,18,22). The minimum absolute atomic E-state index is 0.236. The molecule has 1 heterocycles. The number of halogens is 2. The minimum Gasteiger partial charge on any atom is -0.323 e. The maximum Gasteiger partial charge on any atom is 0.278 e. The number of amides is 1. The van der Waals surface area contributed by atoms with Crippen LogP contribution < -0.4 is 10.9 Å². The summed E-state index contributed by atoms with van der Waals surface area (Å²) in [5.41, 5.74) is 0.459. The summed E-state index contributed by atoms with van der Waals surface area (Å²) in [4.78, 5) is 24.4. The number of hydrogen-bond acceptors (Lipinski definition) is 4. The van der Waals surface area contributed by atoms with Crippen LogP contribution in [0, 0.1) is 0 Å². The first-order valence-electron chi connectivity index (χ1n) is 6.62. The van der Waals surface area contributed by atoms with E-state index < -0.39 is 5.91 Å². The van der Waals surface area contributed by atoms with Crippen molar-refractivity contribution in [3.8, 4) is 0 Å². The second-order valence-corrected chi connectivity index (χ2v) is 5.50. The average molecular weight is 349 g/mol. The third-order valence-corrected chi connectivity index (χ3v) is 3.97. The summed E-state index contributed by atoms with van der Waals surface area (Å²) >= 11 is 11.9. The molecule has 0 aliphatic heterocycles. The molecular weight excluding hydrogens is 339 g/mol. The van der Waals surface area contributed by atoms with Crippen LogP contribution in [0.3, 0.4) is 0 Å². The number of aromatic nitrogens is 3. The van der Waals surface area contributed by atoms with Crippen LogP contribution in [-0.4, -0.2) is 20.9 Å². The second-order valence-electron chi connectivity index (χ2n) is 4.72. The van der Waals surface area contributed by atoms with Gasteiger partial charge < -0.3 is 5.32 Å². The van der Waals surface area contributed by atoms with Crippen molar-refractivity contribution >= 4 is 45.7 Å². The molecule has 0 atom stereocenters. The van der Waals surface area contributed by atoms with Crippen LogP contribution in [0.1, 0.15) is 0 Å². The fourth-order valence-electron chi connectivity index (χ4n) is 2.05. The summed E-state index contributed by atoms with van der Waals surface area (Å²) in [5, 5.41) is 11.2. The van der Waals surface area contributed by atoms with E-state index in [1.807, 2.05) is 0 Å². The molecule has 2 aromatic carbocycles. The summed E-state index contributed by atoms with van der Waals surface area (Å²) in [6, 6.07) is 11.7. The molecule has 1 aromatic heterocycles. The smallest absolute Gasteiger partial charge is 0.278 e. The van der Waals surface area contributed by atoms with Gasteiger partial charge >= 0.3 is 0 Å². The Bertz CT molecular complexity index is 956. The van der Waals surface area contributed by atoms with Crippen molar-refractivity contribution in [2.24, 2.45) is 0 Å². The van der Waals surface area contributed by atoms with Crippen LogP contribution in [0.2, 0.25) is 10.0 Å². The van der Waals surface area contributed by atoms with E-state index in [1.54, 1.807) is 42.5 Å². The molecule has 0 spiro atoms. The lowest BCUT2D eigenvalue weighted by Gasteiger charge is -2.09. The van der Waals surface area contributed by atoms with Gasteiger partial charge in [-0.1, -0.05) is 46.6 Å². The summed E-state index contributed by atoms with van der Waals surface area (Å²) < 4.78 is 0.996. The molecule has 0 aliphatic rings. The maximum absolute atomic E-state index is 12.3. The lowest BCUT2D eigenvalue weighted by Crippen LogP contribution is -2.30. The van der Waals surface area contributed by atoms with Gasteiger partial charge in [-0.05, 0) is 24.3 Å². The second kappa shape index (κ2) is 6.36. The molecule has 116 valence electrons. The van der Waals surface area contributed by atoms with Crippen molar-refractivity contribution in [3.05, 3.63) is 62.9 Å². The van der Waals surface area contributed by atoms with E-state index in [4.69, 9.17) is 23.2 Å². The first-order chi connectivity index (χ1) is 11.1. The SMILES string of the molecule is O=C(Cn1nnc2ccccc2c1=O)Nc1cccc(Cl)c1Cl. The number of carbonyl (C=O) groups excluding carboxylic acids is 1. The quantitative estimate of drug-likeness (QED) is 0.789. The van der Waals surface area contributed by atoms with E-state index in [0.717, 1.165) is 4.68 Å². The van der Waals surface area contributed by atoms with Gasteiger partial charge in [0.15, 0.2) is 0 Å². The molecule has 0 aliphatic carbocycles. The van der Waals surface area contributed by atoms with Crippen molar-refractivity contribution in [1.29, 1.82) is 0 Å². The molecule has 0 saturated heterocycles. The number of carbonyl (C=O) groups is 1. The van der Waals surface area contributed by atoms with E-state index in [2.05, 4.69) is 15.6 Å². The van der Waals surface area contributed by atoms with Crippen LogP contribution in [-0.2, 0) is 11.3 Å². The highest BCUT2D eigenvalue weighted by atomic mass is 35.5. The lowest BCUT2D eigenvalue weighted by molar-refractivity contribution is -0.117. The molecule has 3 aromatic rings. The third kappa shape index (κ3) is 3.18. The molecule has 8 heteroatoms. The zero-order valence-electron chi connectivity index (χ0n) is 11.7. The van der Waals surface area contributed by atoms with Crippen LogP contribution in [0.25, 0.3) is 10.9 Å².